The average molecular weight is 232 g/mol. The summed E-state index contributed by atoms with van der Waals surface area (Å²) in [6.07, 6.45) is 7.97. The van der Waals surface area contributed by atoms with Crippen LogP contribution in [-0.2, 0) is 0 Å². The predicted octanol–water partition coefficient (Wildman–Crippen LogP) is 3.57. The second-order valence-electron chi connectivity index (χ2n) is 4.09. The molecule has 2 nitrogen and oxygen atoms in total. The first kappa shape index (κ1) is 11.6. The van der Waals surface area contributed by atoms with Crippen LogP contribution < -0.4 is 0 Å². The molecule has 0 spiro atoms. The van der Waals surface area contributed by atoms with Gasteiger partial charge in [0.1, 0.15) is 5.82 Å². The quantitative estimate of drug-likeness (QED) is 0.846. The Kier molecular flexibility index (Phi) is 3.09. The van der Waals surface area contributed by atoms with Gasteiger partial charge in [0, 0.05) is 0 Å². The summed E-state index contributed by atoms with van der Waals surface area (Å²) >= 11 is 0. The number of carboxylic acids is 1. The maximum Gasteiger partial charge on any atom is 0.338 e. The lowest BCUT2D eigenvalue weighted by Gasteiger charge is -2.11. The number of carboxylic acid groups (broad SMARTS) is 1. The minimum Gasteiger partial charge on any atom is -0.478 e. The van der Waals surface area contributed by atoms with Gasteiger partial charge in [-0.05, 0) is 48.6 Å². The molecule has 17 heavy (non-hydrogen) atoms. The summed E-state index contributed by atoms with van der Waals surface area (Å²) < 4.78 is 13.6. The molecule has 0 bridgehead atoms. The van der Waals surface area contributed by atoms with Gasteiger partial charge in [0.15, 0.2) is 0 Å². The number of allylic oxidation sites excluding steroid dienone is 4. The highest BCUT2D eigenvalue weighted by atomic mass is 19.1. The summed E-state index contributed by atoms with van der Waals surface area (Å²) in [5.41, 5.74) is 2.24. The minimum atomic E-state index is -1.23. The van der Waals surface area contributed by atoms with Gasteiger partial charge in [0.05, 0.1) is 5.56 Å². The second-order valence-corrected chi connectivity index (χ2v) is 4.09. The molecule has 88 valence electrons. The van der Waals surface area contributed by atoms with E-state index in [4.69, 9.17) is 5.11 Å². The van der Waals surface area contributed by atoms with Gasteiger partial charge in [-0.15, -0.1) is 0 Å². The summed E-state index contributed by atoms with van der Waals surface area (Å²) in [4.78, 5) is 10.8. The molecule has 0 radical (unpaired) electrons. The lowest BCUT2D eigenvalue weighted by atomic mass is 9.94. The fourth-order valence-electron chi connectivity index (χ4n) is 1.97. The van der Waals surface area contributed by atoms with E-state index in [1.807, 2.05) is 18.2 Å². The van der Waals surface area contributed by atoms with Crippen molar-refractivity contribution in [3.05, 3.63) is 52.9 Å². The third-order valence-electron chi connectivity index (χ3n) is 2.85. The molecule has 3 heteroatoms. The van der Waals surface area contributed by atoms with Gasteiger partial charge in [-0.25, -0.2) is 9.18 Å². The van der Waals surface area contributed by atoms with Gasteiger partial charge in [-0.1, -0.05) is 18.2 Å². The zero-order valence-electron chi connectivity index (χ0n) is 9.53. The summed E-state index contributed by atoms with van der Waals surface area (Å²) in [7, 11) is 0. The largest absolute Gasteiger partial charge is 0.478 e. The van der Waals surface area contributed by atoms with Crippen molar-refractivity contribution < 1.29 is 14.3 Å². The summed E-state index contributed by atoms with van der Waals surface area (Å²) in [6.45, 7) is 1.80. The molecular formula is C14H13FO2. The number of halogens is 1. The number of aryl methyl sites for hydroxylation is 1. The first-order valence-electron chi connectivity index (χ1n) is 5.50. The Morgan fingerprint density at radius 1 is 1.35 bits per heavy atom. The number of aromatic carboxylic acids is 1. The second kappa shape index (κ2) is 4.53. The molecule has 0 aromatic heterocycles. The van der Waals surface area contributed by atoms with Crippen LogP contribution in [-0.4, -0.2) is 11.1 Å². The molecular weight excluding hydrogens is 219 g/mol. The Bertz CT molecular complexity index is 527. The Balaban J connectivity index is 2.50. The Morgan fingerprint density at radius 2 is 2.12 bits per heavy atom. The molecule has 0 amide bonds. The van der Waals surface area contributed by atoms with Crippen LogP contribution in [0.5, 0.6) is 0 Å². The fraction of sp³-hybridized carbons (Fsp3) is 0.214. The normalized spacial score (nSPS) is 14.6. The zero-order chi connectivity index (χ0) is 12.4. The lowest BCUT2D eigenvalue weighted by molar-refractivity contribution is 0.0692. The van der Waals surface area contributed by atoms with E-state index in [1.54, 1.807) is 6.92 Å². The Hall–Kier alpha value is -1.90. The Morgan fingerprint density at radius 3 is 2.71 bits per heavy atom. The molecule has 1 N–H and O–H groups in total. The van der Waals surface area contributed by atoms with Crippen molar-refractivity contribution in [2.75, 3.05) is 0 Å². The lowest BCUT2D eigenvalue weighted by Crippen LogP contribution is -2.03. The maximum atomic E-state index is 13.6. The van der Waals surface area contributed by atoms with Crippen LogP contribution in [0.4, 0.5) is 4.39 Å². The standard InChI is InChI=1S/C14H13FO2/c1-9-7-12(14(16)17)13(15)8-11(9)10-5-3-2-4-6-10/h3,5-8H,2,4H2,1H3,(H,16,17). The van der Waals surface area contributed by atoms with Gasteiger partial charge in [-0.2, -0.15) is 0 Å². The summed E-state index contributed by atoms with van der Waals surface area (Å²) in [5.74, 6) is -1.91. The van der Waals surface area contributed by atoms with E-state index in [9.17, 15) is 9.18 Å². The van der Waals surface area contributed by atoms with Crippen LogP contribution in [0, 0.1) is 12.7 Å². The van der Waals surface area contributed by atoms with Crippen molar-refractivity contribution >= 4 is 11.5 Å². The predicted molar refractivity (Wildman–Crippen MR) is 64.4 cm³/mol. The van der Waals surface area contributed by atoms with Gasteiger partial charge in [0.25, 0.3) is 0 Å². The maximum absolute atomic E-state index is 13.6. The average Bonchev–Trinajstić information content (AvgIpc) is 2.32. The number of rotatable bonds is 2. The van der Waals surface area contributed by atoms with E-state index in [2.05, 4.69) is 0 Å². The van der Waals surface area contributed by atoms with Crippen LogP contribution in [0.25, 0.3) is 5.57 Å². The Labute approximate surface area is 99.1 Å². The van der Waals surface area contributed by atoms with Crippen LogP contribution >= 0.6 is 0 Å². The molecule has 1 aliphatic rings. The van der Waals surface area contributed by atoms with E-state index in [-0.39, 0.29) is 5.56 Å². The van der Waals surface area contributed by atoms with Crippen LogP contribution in [0.1, 0.15) is 34.3 Å². The molecule has 0 atom stereocenters. The van der Waals surface area contributed by atoms with E-state index in [0.29, 0.717) is 0 Å². The number of hydrogen-bond acceptors (Lipinski definition) is 1. The van der Waals surface area contributed by atoms with Crippen LogP contribution in [0.15, 0.2) is 30.4 Å². The molecule has 2 rings (SSSR count). The van der Waals surface area contributed by atoms with Crippen LogP contribution in [0.3, 0.4) is 0 Å². The van der Waals surface area contributed by atoms with E-state index in [0.717, 1.165) is 29.5 Å². The van der Waals surface area contributed by atoms with E-state index < -0.39 is 11.8 Å². The summed E-state index contributed by atoms with van der Waals surface area (Å²) in [5, 5.41) is 8.82. The third-order valence-corrected chi connectivity index (χ3v) is 2.85. The number of carbonyl (C=O) groups is 1. The van der Waals surface area contributed by atoms with Gasteiger partial charge in [0.2, 0.25) is 0 Å². The van der Waals surface area contributed by atoms with Gasteiger partial charge >= 0.3 is 5.97 Å². The topological polar surface area (TPSA) is 37.3 Å². The molecule has 0 unspecified atom stereocenters. The third kappa shape index (κ3) is 2.28. The summed E-state index contributed by atoms with van der Waals surface area (Å²) in [6, 6.07) is 2.69. The zero-order valence-corrected chi connectivity index (χ0v) is 9.53. The van der Waals surface area contributed by atoms with Crippen molar-refractivity contribution in [3.8, 4) is 0 Å². The molecule has 0 saturated carbocycles. The monoisotopic (exact) mass is 232 g/mol. The van der Waals surface area contributed by atoms with Crippen molar-refractivity contribution in [1.82, 2.24) is 0 Å². The molecule has 0 saturated heterocycles. The first-order valence-corrected chi connectivity index (χ1v) is 5.50. The molecule has 1 aromatic rings. The molecule has 0 aliphatic heterocycles. The highest BCUT2D eigenvalue weighted by Crippen LogP contribution is 2.26. The molecule has 0 heterocycles. The van der Waals surface area contributed by atoms with Crippen LogP contribution in [0.2, 0.25) is 0 Å². The van der Waals surface area contributed by atoms with Crippen molar-refractivity contribution in [1.29, 1.82) is 0 Å². The highest BCUT2D eigenvalue weighted by Gasteiger charge is 2.14. The van der Waals surface area contributed by atoms with Crippen molar-refractivity contribution in [2.45, 2.75) is 19.8 Å². The highest BCUT2D eigenvalue weighted by molar-refractivity contribution is 5.89. The van der Waals surface area contributed by atoms with Gasteiger partial charge < -0.3 is 5.11 Å². The van der Waals surface area contributed by atoms with Gasteiger partial charge in [-0.3, -0.25) is 0 Å². The van der Waals surface area contributed by atoms with E-state index >= 15 is 0 Å². The SMILES string of the molecule is Cc1cc(C(=O)O)c(F)cc1C1=CCCC=C1. The molecule has 0 fully saturated rings. The van der Waals surface area contributed by atoms with E-state index in [1.165, 1.54) is 12.1 Å². The molecule has 1 aliphatic carbocycles. The first-order chi connectivity index (χ1) is 8.09. The molecule has 1 aromatic carbocycles. The number of benzene rings is 1. The van der Waals surface area contributed by atoms with Crippen molar-refractivity contribution in [2.24, 2.45) is 0 Å². The fourth-order valence-corrected chi connectivity index (χ4v) is 1.97. The smallest absolute Gasteiger partial charge is 0.338 e. The van der Waals surface area contributed by atoms with Crippen molar-refractivity contribution in [3.63, 3.8) is 0 Å². The minimum absolute atomic E-state index is 0.272. The number of hydrogen-bond donors (Lipinski definition) is 1.